The maximum absolute atomic E-state index is 12.3. The number of methoxy groups -OCH3 is 1. The molecule has 0 spiro atoms. The van der Waals surface area contributed by atoms with Crippen LogP contribution in [0.3, 0.4) is 0 Å². The molecule has 2 aromatic heterocycles. The van der Waals surface area contributed by atoms with Gasteiger partial charge in [-0.2, -0.15) is 0 Å². The van der Waals surface area contributed by atoms with E-state index in [9.17, 15) is 9.90 Å². The van der Waals surface area contributed by atoms with Gasteiger partial charge in [0.25, 0.3) is 5.91 Å². The molecule has 2 aromatic rings. The predicted octanol–water partition coefficient (Wildman–Crippen LogP) is 1.89. The molecular weight excluding hydrogens is 288 g/mol. The summed E-state index contributed by atoms with van der Waals surface area (Å²) >= 11 is 1.39. The van der Waals surface area contributed by atoms with Gasteiger partial charge in [0.05, 0.1) is 18.4 Å². The van der Waals surface area contributed by atoms with Crippen molar-refractivity contribution in [3.8, 4) is 5.69 Å². The van der Waals surface area contributed by atoms with Crippen LogP contribution in [0.5, 0.6) is 0 Å². The SMILES string of the molecule is COCC(O)CNC(=O)c1sccc1-n1c(C)ccc1C. The molecule has 0 aliphatic heterocycles. The zero-order chi connectivity index (χ0) is 15.4. The van der Waals surface area contributed by atoms with Gasteiger partial charge in [0, 0.05) is 25.0 Å². The Kier molecular flexibility index (Phi) is 5.17. The molecule has 0 saturated carbocycles. The molecular formula is C15H20N2O3S. The van der Waals surface area contributed by atoms with Crippen LogP contribution >= 0.6 is 11.3 Å². The Morgan fingerprint density at radius 2 is 2.05 bits per heavy atom. The number of aromatic nitrogens is 1. The summed E-state index contributed by atoms with van der Waals surface area (Å²) in [5, 5.41) is 14.2. The van der Waals surface area contributed by atoms with Crippen molar-refractivity contribution < 1.29 is 14.6 Å². The van der Waals surface area contributed by atoms with Gasteiger partial charge < -0.3 is 19.7 Å². The zero-order valence-corrected chi connectivity index (χ0v) is 13.2. The number of thiophene rings is 1. The third-order valence-electron chi connectivity index (χ3n) is 3.22. The lowest BCUT2D eigenvalue weighted by atomic mass is 10.3. The van der Waals surface area contributed by atoms with Crippen LogP contribution in [0.1, 0.15) is 21.1 Å². The van der Waals surface area contributed by atoms with Gasteiger partial charge in [0.15, 0.2) is 0 Å². The Balaban J connectivity index is 2.15. The van der Waals surface area contributed by atoms with Crippen LogP contribution < -0.4 is 5.32 Å². The van der Waals surface area contributed by atoms with Gasteiger partial charge >= 0.3 is 0 Å². The van der Waals surface area contributed by atoms with E-state index in [4.69, 9.17) is 4.74 Å². The molecule has 5 nitrogen and oxygen atoms in total. The van der Waals surface area contributed by atoms with Crippen LogP contribution in [0.4, 0.5) is 0 Å². The molecule has 2 N–H and O–H groups in total. The molecule has 2 heterocycles. The van der Waals surface area contributed by atoms with E-state index < -0.39 is 6.10 Å². The highest BCUT2D eigenvalue weighted by Crippen LogP contribution is 2.24. The molecule has 21 heavy (non-hydrogen) atoms. The van der Waals surface area contributed by atoms with Crippen molar-refractivity contribution in [3.63, 3.8) is 0 Å². The monoisotopic (exact) mass is 308 g/mol. The summed E-state index contributed by atoms with van der Waals surface area (Å²) in [5.74, 6) is -0.178. The molecule has 2 rings (SSSR count). The Morgan fingerprint density at radius 1 is 1.38 bits per heavy atom. The number of hydrogen-bond acceptors (Lipinski definition) is 4. The minimum absolute atomic E-state index is 0.174. The number of carbonyl (C=O) groups excluding carboxylic acids is 1. The van der Waals surface area contributed by atoms with E-state index in [2.05, 4.69) is 9.88 Å². The molecule has 0 bridgehead atoms. The number of aryl methyl sites for hydroxylation is 2. The van der Waals surface area contributed by atoms with Crippen LogP contribution in [0.15, 0.2) is 23.6 Å². The summed E-state index contributed by atoms with van der Waals surface area (Å²) in [5.41, 5.74) is 3.04. The number of rotatable bonds is 6. The molecule has 1 amide bonds. The molecule has 1 atom stereocenters. The smallest absolute Gasteiger partial charge is 0.263 e. The van der Waals surface area contributed by atoms with E-state index >= 15 is 0 Å². The van der Waals surface area contributed by atoms with Crippen molar-refractivity contribution >= 4 is 17.2 Å². The van der Waals surface area contributed by atoms with Crippen molar-refractivity contribution in [1.82, 2.24) is 9.88 Å². The number of carbonyl (C=O) groups is 1. The molecule has 0 fully saturated rings. The first-order valence-electron chi connectivity index (χ1n) is 6.72. The van der Waals surface area contributed by atoms with E-state index in [1.165, 1.54) is 18.4 Å². The van der Waals surface area contributed by atoms with Crippen molar-refractivity contribution in [2.75, 3.05) is 20.3 Å². The number of aliphatic hydroxyl groups is 1. The average molecular weight is 308 g/mol. The summed E-state index contributed by atoms with van der Waals surface area (Å²) in [6, 6.07) is 5.99. The first-order chi connectivity index (χ1) is 10.0. The molecule has 0 aliphatic rings. The fourth-order valence-corrected chi connectivity index (χ4v) is 3.03. The molecule has 114 valence electrons. The Labute approximate surface area is 128 Å². The Hall–Kier alpha value is -1.63. The van der Waals surface area contributed by atoms with Crippen molar-refractivity contribution in [2.24, 2.45) is 0 Å². The largest absolute Gasteiger partial charge is 0.389 e. The van der Waals surface area contributed by atoms with Crippen molar-refractivity contribution in [3.05, 3.63) is 39.8 Å². The van der Waals surface area contributed by atoms with Crippen LogP contribution in [-0.2, 0) is 4.74 Å². The van der Waals surface area contributed by atoms with Gasteiger partial charge in [-0.05, 0) is 37.4 Å². The van der Waals surface area contributed by atoms with E-state index in [1.54, 1.807) is 0 Å². The predicted molar refractivity (Wildman–Crippen MR) is 83.3 cm³/mol. The number of amides is 1. The van der Waals surface area contributed by atoms with Gasteiger partial charge in [0.1, 0.15) is 4.88 Å². The fourth-order valence-electron chi connectivity index (χ4n) is 2.24. The summed E-state index contributed by atoms with van der Waals surface area (Å²) < 4.78 is 6.89. The molecule has 0 aromatic carbocycles. The van der Waals surface area contributed by atoms with Gasteiger partial charge in [-0.25, -0.2) is 0 Å². The van der Waals surface area contributed by atoms with E-state index in [0.717, 1.165) is 17.1 Å². The number of nitrogens with zero attached hydrogens (tertiary/aromatic N) is 1. The minimum atomic E-state index is -0.697. The lowest BCUT2D eigenvalue weighted by molar-refractivity contribution is 0.0611. The number of ether oxygens (including phenoxy) is 1. The first kappa shape index (κ1) is 15.8. The fraction of sp³-hybridized carbons (Fsp3) is 0.400. The third kappa shape index (κ3) is 3.53. The van der Waals surface area contributed by atoms with Crippen molar-refractivity contribution in [2.45, 2.75) is 20.0 Å². The maximum Gasteiger partial charge on any atom is 0.263 e. The van der Waals surface area contributed by atoms with Gasteiger partial charge in [0.2, 0.25) is 0 Å². The maximum atomic E-state index is 12.3. The minimum Gasteiger partial charge on any atom is -0.389 e. The van der Waals surface area contributed by atoms with Gasteiger partial charge in [-0.15, -0.1) is 11.3 Å². The van der Waals surface area contributed by atoms with E-state index in [1.807, 2.05) is 37.4 Å². The topological polar surface area (TPSA) is 63.5 Å². The van der Waals surface area contributed by atoms with Gasteiger partial charge in [-0.3, -0.25) is 4.79 Å². The highest BCUT2D eigenvalue weighted by atomic mass is 32.1. The highest BCUT2D eigenvalue weighted by molar-refractivity contribution is 7.12. The lowest BCUT2D eigenvalue weighted by Gasteiger charge is -2.13. The number of nitrogens with one attached hydrogen (secondary N) is 1. The number of hydrogen-bond donors (Lipinski definition) is 2. The number of aliphatic hydroxyl groups excluding tert-OH is 1. The standard InChI is InChI=1S/C15H20N2O3S/c1-10-4-5-11(2)17(10)13-6-7-21-14(13)15(19)16-8-12(18)9-20-3/h4-7,12,18H,8-9H2,1-3H3,(H,16,19). The second-order valence-corrected chi connectivity index (χ2v) is 5.82. The quantitative estimate of drug-likeness (QED) is 0.856. The van der Waals surface area contributed by atoms with Crippen molar-refractivity contribution in [1.29, 1.82) is 0 Å². The zero-order valence-electron chi connectivity index (χ0n) is 12.4. The normalized spacial score (nSPS) is 12.4. The van der Waals surface area contributed by atoms with Crippen LogP contribution in [0.2, 0.25) is 0 Å². The average Bonchev–Trinajstić information content (AvgIpc) is 3.03. The van der Waals surface area contributed by atoms with Crippen LogP contribution in [0.25, 0.3) is 5.69 Å². The van der Waals surface area contributed by atoms with E-state index in [0.29, 0.717) is 4.88 Å². The molecule has 0 saturated heterocycles. The first-order valence-corrected chi connectivity index (χ1v) is 7.60. The molecule has 0 aliphatic carbocycles. The lowest BCUT2D eigenvalue weighted by Crippen LogP contribution is -2.34. The summed E-state index contributed by atoms with van der Waals surface area (Å²) in [6.45, 7) is 4.39. The molecule has 1 unspecified atom stereocenters. The summed E-state index contributed by atoms with van der Waals surface area (Å²) in [6.07, 6.45) is -0.697. The summed E-state index contributed by atoms with van der Waals surface area (Å²) in [7, 11) is 1.51. The second-order valence-electron chi connectivity index (χ2n) is 4.91. The van der Waals surface area contributed by atoms with Gasteiger partial charge in [-0.1, -0.05) is 0 Å². The molecule has 6 heteroatoms. The second kappa shape index (κ2) is 6.89. The highest BCUT2D eigenvalue weighted by Gasteiger charge is 2.17. The summed E-state index contributed by atoms with van der Waals surface area (Å²) in [4.78, 5) is 12.9. The van der Waals surface area contributed by atoms with Crippen LogP contribution in [0, 0.1) is 13.8 Å². The molecule has 0 radical (unpaired) electrons. The van der Waals surface area contributed by atoms with Crippen LogP contribution in [-0.4, -0.2) is 41.9 Å². The Bertz CT molecular complexity index is 599. The Morgan fingerprint density at radius 3 is 2.67 bits per heavy atom. The third-order valence-corrected chi connectivity index (χ3v) is 4.12. The van der Waals surface area contributed by atoms with E-state index in [-0.39, 0.29) is 19.1 Å².